The zero-order valence-electron chi connectivity index (χ0n) is 12.7. The van der Waals surface area contributed by atoms with Crippen LogP contribution in [0, 0.1) is 11.7 Å². The Morgan fingerprint density at radius 2 is 2.10 bits per heavy atom. The summed E-state index contributed by atoms with van der Waals surface area (Å²) in [5.74, 6) is -0.405. The molecule has 0 amide bonds. The zero-order valence-corrected chi connectivity index (χ0v) is 12.7. The summed E-state index contributed by atoms with van der Waals surface area (Å²) in [4.78, 5) is 12.2. The van der Waals surface area contributed by atoms with Gasteiger partial charge in [0.2, 0.25) is 0 Å². The highest BCUT2D eigenvalue weighted by atomic mass is 19.1. The van der Waals surface area contributed by atoms with Crippen molar-refractivity contribution in [1.29, 1.82) is 0 Å². The fourth-order valence-corrected chi connectivity index (χ4v) is 2.92. The van der Waals surface area contributed by atoms with Gasteiger partial charge < -0.3 is 10.8 Å². The highest BCUT2D eigenvalue weighted by Crippen LogP contribution is 2.34. The molecule has 1 saturated carbocycles. The number of carbonyl (C=O) groups excluding carboxylic acids is 1. The molecule has 0 saturated heterocycles. The van der Waals surface area contributed by atoms with Gasteiger partial charge in [0, 0.05) is 12.5 Å². The quantitative estimate of drug-likeness (QED) is 0.837. The van der Waals surface area contributed by atoms with E-state index in [1.54, 1.807) is 13.0 Å². The SMILES string of the molecule is C[C@H](N)c1ccc(C(=O)CC2CCC(C)(O)CC2)c(F)c1. The molecule has 116 valence electrons. The average molecular weight is 293 g/mol. The summed E-state index contributed by atoms with van der Waals surface area (Å²) in [6.07, 6.45) is 3.40. The molecule has 1 fully saturated rings. The van der Waals surface area contributed by atoms with Gasteiger partial charge in [0.25, 0.3) is 0 Å². The number of rotatable bonds is 4. The zero-order chi connectivity index (χ0) is 15.6. The normalized spacial score (nSPS) is 27.4. The van der Waals surface area contributed by atoms with Gasteiger partial charge in [-0.1, -0.05) is 6.07 Å². The fraction of sp³-hybridized carbons (Fsp3) is 0.588. The van der Waals surface area contributed by atoms with Crippen molar-refractivity contribution in [2.75, 3.05) is 0 Å². The Hall–Kier alpha value is -1.26. The number of ketones is 1. The first kappa shape index (κ1) is 16.1. The number of carbonyl (C=O) groups is 1. The van der Waals surface area contributed by atoms with Crippen LogP contribution in [0.1, 0.15) is 67.9 Å². The smallest absolute Gasteiger partial charge is 0.166 e. The minimum absolute atomic E-state index is 0.150. The van der Waals surface area contributed by atoms with Crippen LogP contribution in [0.2, 0.25) is 0 Å². The summed E-state index contributed by atoms with van der Waals surface area (Å²) in [6, 6.07) is 4.36. The molecule has 4 heteroatoms. The minimum atomic E-state index is -0.607. The number of hydrogen-bond donors (Lipinski definition) is 2. The van der Waals surface area contributed by atoms with E-state index in [0.29, 0.717) is 24.8 Å². The van der Waals surface area contributed by atoms with Crippen LogP contribution in [-0.4, -0.2) is 16.5 Å². The van der Waals surface area contributed by atoms with E-state index in [1.807, 2.05) is 6.92 Å². The first-order chi connectivity index (χ1) is 9.78. The maximum atomic E-state index is 14.0. The van der Waals surface area contributed by atoms with Gasteiger partial charge in [0.1, 0.15) is 5.82 Å². The predicted octanol–water partition coefficient (Wildman–Crippen LogP) is 3.36. The molecular weight excluding hydrogens is 269 g/mol. The topological polar surface area (TPSA) is 63.3 Å². The third-order valence-corrected chi connectivity index (χ3v) is 4.48. The Morgan fingerprint density at radius 3 is 2.62 bits per heavy atom. The van der Waals surface area contributed by atoms with E-state index in [0.717, 1.165) is 12.8 Å². The second-order valence-electron chi connectivity index (χ2n) is 6.60. The first-order valence-corrected chi connectivity index (χ1v) is 7.59. The molecule has 0 spiro atoms. The van der Waals surface area contributed by atoms with E-state index in [1.165, 1.54) is 12.1 Å². The number of aliphatic hydroxyl groups is 1. The maximum absolute atomic E-state index is 14.0. The number of halogens is 1. The van der Waals surface area contributed by atoms with E-state index < -0.39 is 11.4 Å². The Morgan fingerprint density at radius 1 is 1.48 bits per heavy atom. The molecule has 1 atom stereocenters. The van der Waals surface area contributed by atoms with Crippen molar-refractivity contribution in [3.8, 4) is 0 Å². The van der Waals surface area contributed by atoms with Crippen molar-refractivity contribution in [2.24, 2.45) is 11.7 Å². The third kappa shape index (κ3) is 4.11. The Balaban J connectivity index is 2.01. The molecule has 21 heavy (non-hydrogen) atoms. The van der Waals surface area contributed by atoms with E-state index >= 15 is 0 Å². The van der Waals surface area contributed by atoms with Crippen molar-refractivity contribution in [3.05, 3.63) is 35.1 Å². The van der Waals surface area contributed by atoms with Gasteiger partial charge in [-0.25, -0.2) is 4.39 Å². The summed E-state index contributed by atoms with van der Waals surface area (Å²) in [6.45, 7) is 3.61. The summed E-state index contributed by atoms with van der Waals surface area (Å²) in [5.41, 5.74) is 5.94. The molecule has 0 aliphatic heterocycles. The van der Waals surface area contributed by atoms with Crippen molar-refractivity contribution < 1.29 is 14.3 Å². The molecule has 0 aromatic heterocycles. The Labute approximate surface area is 125 Å². The van der Waals surface area contributed by atoms with E-state index in [-0.39, 0.29) is 23.3 Å². The average Bonchev–Trinajstić information content (AvgIpc) is 2.40. The lowest BCUT2D eigenvalue weighted by atomic mass is 9.77. The number of hydrogen-bond acceptors (Lipinski definition) is 3. The molecule has 2 rings (SSSR count). The Kier molecular flexibility index (Phi) is 4.79. The van der Waals surface area contributed by atoms with Gasteiger partial charge in [0.15, 0.2) is 5.78 Å². The minimum Gasteiger partial charge on any atom is -0.390 e. The van der Waals surface area contributed by atoms with Gasteiger partial charge in [0.05, 0.1) is 11.2 Å². The Bertz CT molecular complexity index is 516. The van der Waals surface area contributed by atoms with Crippen molar-refractivity contribution >= 4 is 5.78 Å². The highest BCUT2D eigenvalue weighted by Gasteiger charge is 2.30. The molecule has 1 aliphatic carbocycles. The molecule has 0 heterocycles. The molecule has 1 aromatic rings. The largest absolute Gasteiger partial charge is 0.390 e. The van der Waals surface area contributed by atoms with E-state index in [4.69, 9.17) is 5.73 Å². The summed E-state index contributed by atoms with van der Waals surface area (Å²) in [7, 11) is 0. The maximum Gasteiger partial charge on any atom is 0.166 e. The monoisotopic (exact) mass is 293 g/mol. The van der Waals surface area contributed by atoms with Crippen LogP contribution in [0.3, 0.4) is 0 Å². The fourth-order valence-electron chi connectivity index (χ4n) is 2.92. The lowest BCUT2D eigenvalue weighted by Gasteiger charge is -2.32. The molecule has 1 aliphatic rings. The molecule has 3 nitrogen and oxygen atoms in total. The molecular formula is C17H24FNO2. The van der Waals surface area contributed by atoms with Crippen LogP contribution in [0.4, 0.5) is 4.39 Å². The van der Waals surface area contributed by atoms with Crippen molar-refractivity contribution in [3.63, 3.8) is 0 Å². The van der Waals surface area contributed by atoms with Crippen LogP contribution in [0.15, 0.2) is 18.2 Å². The number of Topliss-reactive ketones (excluding diaryl/α,β-unsaturated/α-hetero) is 1. The lowest BCUT2D eigenvalue weighted by Crippen LogP contribution is -2.31. The molecule has 3 N–H and O–H groups in total. The number of benzene rings is 1. The van der Waals surface area contributed by atoms with E-state index in [9.17, 15) is 14.3 Å². The predicted molar refractivity (Wildman–Crippen MR) is 80.5 cm³/mol. The molecule has 0 radical (unpaired) electrons. The number of nitrogens with two attached hydrogens (primary N) is 1. The van der Waals surface area contributed by atoms with Crippen LogP contribution in [0.25, 0.3) is 0 Å². The molecule has 0 bridgehead atoms. The van der Waals surface area contributed by atoms with Gasteiger partial charge >= 0.3 is 0 Å². The highest BCUT2D eigenvalue weighted by molar-refractivity contribution is 5.96. The van der Waals surface area contributed by atoms with Gasteiger partial charge in [-0.05, 0) is 63.1 Å². The van der Waals surface area contributed by atoms with Crippen LogP contribution in [0.5, 0.6) is 0 Å². The van der Waals surface area contributed by atoms with Gasteiger partial charge in [-0.15, -0.1) is 0 Å². The van der Waals surface area contributed by atoms with E-state index in [2.05, 4.69) is 0 Å². The van der Waals surface area contributed by atoms with Crippen LogP contribution >= 0.6 is 0 Å². The summed E-state index contributed by atoms with van der Waals surface area (Å²) >= 11 is 0. The van der Waals surface area contributed by atoms with Crippen LogP contribution in [-0.2, 0) is 0 Å². The summed E-state index contributed by atoms with van der Waals surface area (Å²) < 4.78 is 14.0. The summed E-state index contributed by atoms with van der Waals surface area (Å²) in [5, 5.41) is 9.91. The van der Waals surface area contributed by atoms with Gasteiger partial charge in [-0.3, -0.25) is 4.79 Å². The third-order valence-electron chi connectivity index (χ3n) is 4.48. The van der Waals surface area contributed by atoms with Crippen molar-refractivity contribution in [2.45, 2.75) is 57.6 Å². The lowest BCUT2D eigenvalue weighted by molar-refractivity contribution is 0.00719. The second-order valence-corrected chi connectivity index (χ2v) is 6.60. The first-order valence-electron chi connectivity index (χ1n) is 7.59. The van der Waals surface area contributed by atoms with Gasteiger partial charge in [-0.2, -0.15) is 0 Å². The molecule has 0 unspecified atom stereocenters. The standard InChI is InChI=1S/C17H24FNO2/c1-11(19)13-3-4-14(15(18)10-13)16(20)9-12-5-7-17(2,21)8-6-12/h3-4,10-12,21H,5-9,19H2,1-2H3/t11-,12?,17?/m0/s1. The molecule has 1 aromatic carbocycles. The van der Waals surface area contributed by atoms with Crippen molar-refractivity contribution in [1.82, 2.24) is 0 Å². The second kappa shape index (κ2) is 6.24. The van der Waals surface area contributed by atoms with Crippen LogP contribution < -0.4 is 5.73 Å².